The molecular formula is C15H22FN3O2. The number of ether oxygens (including phenoxy) is 1. The van der Waals surface area contributed by atoms with Crippen molar-refractivity contribution in [1.29, 1.82) is 0 Å². The Morgan fingerprint density at radius 2 is 2.29 bits per heavy atom. The van der Waals surface area contributed by atoms with E-state index < -0.39 is 5.82 Å². The second-order valence-electron chi connectivity index (χ2n) is 6.01. The minimum absolute atomic E-state index is 0.0945. The van der Waals surface area contributed by atoms with Gasteiger partial charge in [0.2, 0.25) is 0 Å². The number of benzene rings is 1. The van der Waals surface area contributed by atoms with Crippen molar-refractivity contribution >= 4 is 5.84 Å². The first-order valence-electron chi connectivity index (χ1n) is 7.04. The largest absolute Gasteiger partial charge is 0.409 e. The Morgan fingerprint density at radius 3 is 2.95 bits per heavy atom. The monoisotopic (exact) mass is 295 g/mol. The third kappa shape index (κ3) is 4.41. The lowest BCUT2D eigenvalue weighted by atomic mass is 9.94. The summed E-state index contributed by atoms with van der Waals surface area (Å²) in [7, 11) is 0. The van der Waals surface area contributed by atoms with Gasteiger partial charge in [0.25, 0.3) is 0 Å². The number of oxime groups is 1. The summed E-state index contributed by atoms with van der Waals surface area (Å²) in [6, 6.07) is 4.75. The number of nitrogens with two attached hydrogens (primary N) is 1. The van der Waals surface area contributed by atoms with Gasteiger partial charge in [-0.2, -0.15) is 0 Å². The fourth-order valence-corrected chi connectivity index (χ4v) is 2.63. The van der Waals surface area contributed by atoms with Crippen molar-refractivity contribution in [2.24, 2.45) is 10.9 Å². The Labute approximate surface area is 124 Å². The predicted octanol–water partition coefficient (Wildman–Crippen LogP) is 1.97. The van der Waals surface area contributed by atoms with E-state index in [1.807, 2.05) is 0 Å². The molecule has 1 aliphatic heterocycles. The summed E-state index contributed by atoms with van der Waals surface area (Å²) in [4.78, 5) is 0. The molecule has 2 rings (SSSR count). The van der Waals surface area contributed by atoms with Crippen LogP contribution >= 0.6 is 0 Å². The van der Waals surface area contributed by atoms with Crippen LogP contribution in [0.25, 0.3) is 0 Å². The number of nitrogens with zero attached hydrogens (tertiary/aromatic N) is 1. The van der Waals surface area contributed by atoms with Gasteiger partial charge in [-0.05, 0) is 50.5 Å². The second-order valence-corrected chi connectivity index (χ2v) is 6.01. The van der Waals surface area contributed by atoms with Crippen LogP contribution in [0.4, 0.5) is 4.39 Å². The van der Waals surface area contributed by atoms with Crippen LogP contribution in [0.15, 0.2) is 23.4 Å². The molecule has 21 heavy (non-hydrogen) atoms. The van der Waals surface area contributed by atoms with Crippen LogP contribution in [0.5, 0.6) is 0 Å². The summed E-state index contributed by atoms with van der Waals surface area (Å²) in [5, 5.41) is 15.0. The normalized spacial score (nSPS) is 22.2. The van der Waals surface area contributed by atoms with Crippen molar-refractivity contribution in [1.82, 2.24) is 5.32 Å². The molecule has 0 aromatic heterocycles. The van der Waals surface area contributed by atoms with Crippen LogP contribution in [-0.2, 0) is 11.3 Å². The van der Waals surface area contributed by atoms with E-state index in [0.717, 1.165) is 25.0 Å². The summed E-state index contributed by atoms with van der Waals surface area (Å²) < 4.78 is 19.2. The number of hydrogen-bond acceptors (Lipinski definition) is 4. The quantitative estimate of drug-likeness (QED) is 0.343. The molecular weight excluding hydrogens is 273 g/mol. The highest BCUT2D eigenvalue weighted by molar-refractivity contribution is 5.97. The first-order chi connectivity index (χ1) is 9.89. The van der Waals surface area contributed by atoms with Gasteiger partial charge < -0.3 is 21.0 Å². The SMILES string of the molecule is CC1(C)CC(NCc2cc(F)cc(/C(N)=N/O)c2)CCO1. The molecule has 1 atom stereocenters. The highest BCUT2D eigenvalue weighted by atomic mass is 19.1. The Kier molecular flexibility index (Phi) is 4.80. The van der Waals surface area contributed by atoms with Crippen molar-refractivity contribution in [2.45, 2.75) is 44.9 Å². The molecule has 4 N–H and O–H groups in total. The van der Waals surface area contributed by atoms with Crippen LogP contribution < -0.4 is 11.1 Å². The maximum atomic E-state index is 13.6. The summed E-state index contributed by atoms with van der Waals surface area (Å²) in [6.07, 6.45) is 1.85. The number of hydrogen-bond donors (Lipinski definition) is 3. The van der Waals surface area contributed by atoms with Crippen molar-refractivity contribution in [3.63, 3.8) is 0 Å². The van der Waals surface area contributed by atoms with Gasteiger partial charge in [-0.15, -0.1) is 0 Å². The first kappa shape index (κ1) is 15.7. The Morgan fingerprint density at radius 1 is 1.52 bits per heavy atom. The second kappa shape index (κ2) is 6.41. The fourth-order valence-electron chi connectivity index (χ4n) is 2.63. The number of rotatable bonds is 4. The van der Waals surface area contributed by atoms with Crippen molar-refractivity contribution in [2.75, 3.05) is 6.61 Å². The van der Waals surface area contributed by atoms with Gasteiger partial charge in [0.1, 0.15) is 5.82 Å². The molecule has 116 valence electrons. The molecule has 0 saturated carbocycles. The number of halogens is 1. The van der Waals surface area contributed by atoms with Crippen LogP contribution in [0.1, 0.15) is 37.8 Å². The van der Waals surface area contributed by atoms with Crippen molar-refractivity contribution in [3.8, 4) is 0 Å². The average Bonchev–Trinajstić information content (AvgIpc) is 2.42. The molecule has 1 fully saturated rings. The lowest BCUT2D eigenvalue weighted by Crippen LogP contribution is -2.43. The summed E-state index contributed by atoms with van der Waals surface area (Å²) in [5.74, 6) is -0.494. The maximum absolute atomic E-state index is 13.6. The van der Waals surface area contributed by atoms with Crippen LogP contribution in [0.2, 0.25) is 0 Å². The fraction of sp³-hybridized carbons (Fsp3) is 0.533. The Hall–Kier alpha value is -1.66. The molecule has 0 radical (unpaired) electrons. The van der Waals surface area contributed by atoms with Crippen molar-refractivity contribution in [3.05, 3.63) is 35.1 Å². The zero-order chi connectivity index (χ0) is 15.5. The van der Waals surface area contributed by atoms with E-state index >= 15 is 0 Å². The summed E-state index contributed by atoms with van der Waals surface area (Å²) >= 11 is 0. The maximum Gasteiger partial charge on any atom is 0.170 e. The molecule has 0 amide bonds. The van der Waals surface area contributed by atoms with E-state index in [4.69, 9.17) is 15.7 Å². The molecule has 1 saturated heterocycles. The minimum atomic E-state index is -0.400. The van der Waals surface area contributed by atoms with Gasteiger partial charge in [-0.1, -0.05) is 5.16 Å². The van der Waals surface area contributed by atoms with Crippen LogP contribution in [-0.4, -0.2) is 29.3 Å². The zero-order valence-electron chi connectivity index (χ0n) is 12.4. The lowest BCUT2D eigenvalue weighted by Gasteiger charge is -2.36. The summed E-state index contributed by atoms with van der Waals surface area (Å²) in [5.41, 5.74) is 6.52. The van der Waals surface area contributed by atoms with Gasteiger partial charge in [0.05, 0.1) is 5.60 Å². The minimum Gasteiger partial charge on any atom is -0.409 e. The molecule has 1 aliphatic rings. The van der Waals surface area contributed by atoms with Crippen LogP contribution in [0, 0.1) is 5.82 Å². The Balaban J connectivity index is 2.01. The third-order valence-electron chi connectivity index (χ3n) is 3.65. The highest BCUT2D eigenvalue weighted by Crippen LogP contribution is 2.24. The third-order valence-corrected chi connectivity index (χ3v) is 3.65. The molecule has 5 nitrogen and oxygen atoms in total. The zero-order valence-corrected chi connectivity index (χ0v) is 12.4. The van der Waals surface area contributed by atoms with Crippen molar-refractivity contribution < 1.29 is 14.3 Å². The van der Waals surface area contributed by atoms with E-state index in [1.54, 1.807) is 6.07 Å². The standard InChI is InChI=1S/C15H22FN3O2/c1-15(2)8-13(3-4-21-15)18-9-10-5-11(14(17)19-20)7-12(16)6-10/h5-7,13,18,20H,3-4,8-9H2,1-2H3,(H2,17,19). The van der Waals surface area contributed by atoms with E-state index in [1.165, 1.54) is 12.1 Å². The van der Waals surface area contributed by atoms with Gasteiger partial charge in [-0.3, -0.25) is 0 Å². The van der Waals surface area contributed by atoms with E-state index in [0.29, 0.717) is 18.2 Å². The molecule has 0 spiro atoms. The van der Waals surface area contributed by atoms with Gasteiger partial charge in [-0.25, -0.2) is 4.39 Å². The first-order valence-corrected chi connectivity index (χ1v) is 7.04. The van der Waals surface area contributed by atoms with Gasteiger partial charge >= 0.3 is 0 Å². The average molecular weight is 295 g/mol. The van der Waals surface area contributed by atoms with Crippen LogP contribution in [0.3, 0.4) is 0 Å². The molecule has 1 aromatic rings. The summed E-state index contributed by atoms with van der Waals surface area (Å²) in [6.45, 7) is 5.40. The predicted molar refractivity (Wildman–Crippen MR) is 78.8 cm³/mol. The van der Waals surface area contributed by atoms with E-state index in [9.17, 15) is 4.39 Å². The molecule has 6 heteroatoms. The molecule has 1 aromatic carbocycles. The highest BCUT2D eigenvalue weighted by Gasteiger charge is 2.28. The van der Waals surface area contributed by atoms with Gasteiger partial charge in [0, 0.05) is 24.8 Å². The number of amidine groups is 1. The van der Waals surface area contributed by atoms with E-state index in [2.05, 4.69) is 24.3 Å². The molecule has 0 aliphatic carbocycles. The molecule has 1 heterocycles. The topological polar surface area (TPSA) is 79.9 Å². The smallest absolute Gasteiger partial charge is 0.170 e. The van der Waals surface area contributed by atoms with E-state index in [-0.39, 0.29) is 11.4 Å². The molecule has 0 bridgehead atoms. The number of nitrogens with one attached hydrogen (secondary N) is 1. The lowest BCUT2D eigenvalue weighted by molar-refractivity contribution is -0.0630. The Bertz CT molecular complexity index is 532. The van der Waals surface area contributed by atoms with Gasteiger partial charge in [0.15, 0.2) is 5.84 Å². The molecule has 1 unspecified atom stereocenters.